The van der Waals surface area contributed by atoms with Gasteiger partial charge in [0.25, 0.3) is 0 Å². The van der Waals surface area contributed by atoms with Crippen LogP contribution in [0.5, 0.6) is 0 Å². The molecule has 1 heterocycles. The molecule has 0 aliphatic heterocycles. The normalized spacial score (nSPS) is 10.5. The number of Topliss-reactive ketones (excluding diaryl/α,β-unsaturated/α-hetero) is 1. The third-order valence-corrected chi connectivity index (χ3v) is 2.76. The van der Waals surface area contributed by atoms with Crippen LogP contribution in [0, 0.1) is 5.82 Å². The van der Waals surface area contributed by atoms with E-state index in [-0.39, 0.29) is 11.6 Å². The zero-order valence-electron chi connectivity index (χ0n) is 9.28. The molecule has 1 aromatic heterocycles. The molecule has 0 unspecified atom stereocenters. The highest BCUT2D eigenvalue weighted by atomic mass is 35.5. The Bertz CT molecular complexity index is 562. The van der Waals surface area contributed by atoms with E-state index in [2.05, 4.69) is 0 Å². The summed E-state index contributed by atoms with van der Waals surface area (Å²) in [4.78, 5) is 11.1. The molecule has 2 rings (SSSR count). The van der Waals surface area contributed by atoms with E-state index in [9.17, 15) is 9.18 Å². The van der Waals surface area contributed by atoms with Crippen molar-refractivity contribution in [3.63, 3.8) is 0 Å². The van der Waals surface area contributed by atoms with Gasteiger partial charge in [-0.25, -0.2) is 4.39 Å². The standard InChI is InChI=1S/C13H11ClFNO/c1-9(17)10-4-5-16(7-10)8-11-2-3-12(14)6-13(11)15/h2-7H,8H2,1H3. The van der Waals surface area contributed by atoms with E-state index >= 15 is 0 Å². The van der Waals surface area contributed by atoms with E-state index in [0.29, 0.717) is 22.7 Å². The van der Waals surface area contributed by atoms with Crippen LogP contribution >= 0.6 is 11.6 Å². The highest BCUT2D eigenvalue weighted by Gasteiger charge is 2.05. The first-order valence-electron chi connectivity index (χ1n) is 5.17. The summed E-state index contributed by atoms with van der Waals surface area (Å²) < 4.78 is 15.3. The van der Waals surface area contributed by atoms with Crippen LogP contribution < -0.4 is 0 Å². The summed E-state index contributed by atoms with van der Waals surface area (Å²) in [5, 5.41) is 0.378. The molecule has 2 aromatic rings. The van der Waals surface area contributed by atoms with E-state index in [1.54, 1.807) is 35.2 Å². The van der Waals surface area contributed by atoms with E-state index in [1.165, 1.54) is 13.0 Å². The Labute approximate surface area is 104 Å². The fraction of sp³-hybridized carbons (Fsp3) is 0.154. The molecular weight excluding hydrogens is 241 g/mol. The molecular formula is C13H11ClFNO. The summed E-state index contributed by atoms with van der Waals surface area (Å²) in [7, 11) is 0. The van der Waals surface area contributed by atoms with Crippen molar-refractivity contribution >= 4 is 17.4 Å². The lowest BCUT2D eigenvalue weighted by atomic mass is 10.2. The first kappa shape index (κ1) is 11.9. The topological polar surface area (TPSA) is 22.0 Å². The number of aromatic nitrogens is 1. The van der Waals surface area contributed by atoms with Gasteiger partial charge in [0.05, 0.1) is 0 Å². The monoisotopic (exact) mass is 251 g/mol. The summed E-state index contributed by atoms with van der Waals surface area (Å²) in [5.74, 6) is -0.337. The Morgan fingerprint density at radius 3 is 2.76 bits per heavy atom. The van der Waals surface area contributed by atoms with E-state index in [4.69, 9.17) is 11.6 Å². The lowest BCUT2D eigenvalue weighted by molar-refractivity contribution is 0.101. The fourth-order valence-corrected chi connectivity index (χ4v) is 1.75. The van der Waals surface area contributed by atoms with Gasteiger partial charge >= 0.3 is 0 Å². The molecule has 0 N–H and O–H groups in total. The van der Waals surface area contributed by atoms with E-state index in [1.807, 2.05) is 0 Å². The van der Waals surface area contributed by atoms with Crippen LogP contribution in [0.15, 0.2) is 36.7 Å². The van der Waals surface area contributed by atoms with Gasteiger partial charge in [-0.05, 0) is 25.1 Å². The highest BCUT2D eigenvalue weighted by Crippen LogP contribution is 2.16. The summed E-state index contributed by atoms with van der Waals surface area (Å²) >= 11 is 5.67. The Balaban J connectivity index is 2.22. The van der Waals surface area contributed by atoms with Gasteiger partial charge in [0, 0.05) is 35.1 Å². The van der Waals surface area contributed by atoms with Gasteiger partial charge in [0.2, 0.25) is 0 Å². The molecule has 0 aliphatic carbocycles. The minimum atomic E-state index is -0.337. The molecule has 2 nitrogen and oxygen atoms in total. The number of benzene rings is 1. The van der Waals surface area contributed by atoms with Crippen LogP contribution in [-0.2, 0) is 6.54 Å². The van der Waals surface area contributed by atoms with Crippen molar-refractivity contribution in [2.75, 3.05) is 0 Å². The van der Waals surface area contributed by atoms with Crippen LogP contribution in [0.25, 0.3) is 0 Å². The van der Waals surface area contributed by atoms with Crippen LogP contribution in [0.4, 0.5) is 4.39 Å². The SMILES string of the molecule is CC(=O)c1ccn(Cc2ccc(Cl)cc2F)c1. The van der Waals surface area contributed by atoms with Crippen LogP contribution in [0.3, 0.4) is 0 Å². The van der Waals surface area contributed by atoms with Crippen molar-refractivity contribution in [1.82, 2.24) is 4.57 Å². The van der Waals surface area contributed by atoms with Gasteiger partial charge in [-0.1, -0.05) is 17.7 Å². The molecule has 0 spiro atoms. The lowest BCUT2D eigenvalue weighted by Gasteiger charge is -2.04. The summed E-state index contributed by atoms with van der Waals surface area (Å²) in [6.45, 7) is 1.89. The average molecular weight is 252 g/mol. The summed E-state index contributed by atoms with van der Waals surface area (Å²) in [6.07, 6.45) is 3.46. The molecule has 0 bridgehead atoms. The minimum absolute atomic E-state index is 0.000304. The maximum Gasteiger partial charge on any atom is 0.161 e. The van der Waals surface area contributed by atoms with Gasteiger partial charge in [-0.3, -0.25) is 4.79 Å². The van der Waals surface area contributed by atoms with Gasteiger partial charge in [-0.15, -0.1) is 0 Å². The highest BCUT2D eigenvalue weighted by molar-refractivity contribution is 6.30. The third kappa shape index (κ3) is 2.74. The van der Waals surface area contributed by atoms with Crippen LogP contribution in [0.2, 0.25) is 5.02 Å². The van der Waals surface area contributed by atoms with Crippen molar-refractivity contribution in [1.29, 1.82) is 0 Å². The van der Waals surface area contributed by atoms with Gasteiger partial charge in [0.15, 0.2) is 5.78 Å². The Kier molecular flexibility index (Phi) is 3.29. The molecule has 88 valence electrons. The number of nitrogens with zero attached hydrogens (tertiary/aromatic N) is 1. The average Bonchev–Trinajstić information content (AvgIpc) is 2.71. The quantitative estimate of drug-likeness (QED) is 0.765. The Morgan fingerprint density at radius 2 is 2.18 bits per heavy atom. The van der Waals surface area contributed by atoms with Gasteiger partial charge in [-0.2, -0.15) is 0 Å². The molecule has 1 aromatic carbocycles. The zero-order valence-corrected chi connectivity index (χ0v) is 10.0. The summed E-state index contributed by atoms with van der Waals surface area (Å²) in [6, 6.07) is 6.29. The van der Waals surface area contributed by atoms with E-state index in [0.717, 1.165) is 0 Å². The second-order valence-corrected chi connectivity index (χ2v) is 4.30. The van der Waals surface area contributed by atoms with Crippen molar-refractivity contribution in [2.45, 2.75) is 13.5 Å². The predicted octanol–water partition coefficient (Wildman–Crippen LogP) is 3.53. The molecule has 0 aliphatic rings. The second kappa shape index (κ2) is 4.72. The molecule has 0 fully saturated rings. The number of carbonyl (C=O) groups excluding carboxylic acids is 1. The largest absolute Gasteiger partial charge is 0.349 e. The molecule has 0 radical (unpaired) electrons. The number of hydrogen-bond acceptors (Lipinski definition) is 1. The predicted molar refractivity (Wildman–Crippen MR) is 64.9 cm³/mol. The van der Waals surface area contributed by atoms with Gasteiger partial charge in [0.1, 0.15) is 5.82 Å². The Morgan fingerprint density at radius 1 is 1.41 bits per heavy atom. The smallest absolute Gasteiger partial charge is 0.161 e. The number of halogens is 2. The number of carbonyl (C=O) groups is 1. The molecule has 0 saturated carbocycles. The second-order valence-electron chi connectivity index (χ2n) is 3.86. The van der Waals surface area contributed by atoms with Crippen LogP contribution in [-0.4, -0.2) is 10.4 Å². The van der Waals surface area contributed by atoms with Crippen molar-refractivity contribution in [3.05, 3.63) is 58.6 Å². The maximum absolute atomic E-state index is 13.5. The molecule has 0 amide bonds. The van der Waals surface area contributed by atoms with Gasteiger partial charge < -0.3 is 4.57 Å². The molecule has 0 atom stereocenters. The third-order valence-electron chi connectivity index (χ3n) is 2.53. The molecule has 0 saturated heterocycles. The number of rotatable bonds is 3. The number of ketones is 1. The zero-order chi connectivity index (χ0) is 12.4. The molecule has 17 heavy (non-hydrogen) atoms. The Hall–Kier alpha value is -1.61. The fourth-order valence-electron chi connectivity index (χ4n) is 1.59. The lowest BCUT2D eigenvalue weighted by Crippen LogP contribution is -1.99. The number of hydrogen-bond donors (Lipinski definition) is 0. The summed E-state index contributed by atoms with van der Waals surface area (Å²) in [5.41, 5.74) is 1.17. The van der Waals surface area contributed by atoms with E-state index < -0.39 is 0 Å². The van der Waals surface area contributed by atoms with Crippen LogP contribution in [0.1, 0.15) is 22.8 Å². The van der Waals surface area contributed by atoms with Crippen molar-refractivity contribution < 1.29 is 9.18 Å². The first-order chi connectivity index (χ1) is 8.06. The molecule has 4 heteroatoms. The van der Waals surface area contributed by atoms with Crippen molar-refractivity contribution in [2.24, 2.45) is 0 Å². The maximum atomic E-state index is 13.5. The minimum Gasteiger partial charge on any atom is -0.349 e. The van der Waals surface area contributed by atoms with Crippen molar-refractivity contribution in [3.8, 4) is 0 Å². The first-order valence-corrected chi connectivity index (χ1v) is 5.54.